The largest absolute Gasteiger partial charge is 0.496 e. The van der Waals surface area contributed by atoms with Gasteiger partial charge in [0.05, 0.1) is 7.11 Å². The van der Waals surface area contributed by atoms with E-state index in [4.69, 9.17) is 22.7 Å². The van der Waals surface area contributed by atoms with Crippen molar-refractivity contribution in [3.8, 4) is 5.75 Å². The second-order valence-corrected chi connectivity index (χ2v) is 6.38. The van der Waals surface area contributed by atoms with Gasteiger partial charge in [-0.25, -0.2) is 0 Å². The first-order valence-corrected chi connectivity index (χ1v) is 9.13. The molecule has 0 aliphatic carbocycles. The maximum atomic E-state index is 12.3. The molecule has 0 spiro atoms. The molecule has 0 bridgehead atoms. The molecule has 0 saturated carbocycles. The minimum Gasteiger partial charge on any atom is -0.496 e. The van der Waals surface area contributed by atoms with Gasteiger partial charge in [-0.2, -0.15) is 0 Å². The quantitative estimate of drug-likeness (QED) is 0.528. The number of methoxy groups -OCH3 is 1. The first-order chi connectivity index (χ1) is 13.5. The molecule has 0 atom stereocenters. The van der Waals surface area contributed by atoms with Crippen molar-refractivity contribution in [2.75, 3.05) is 13.7 Å². The van der Waals surface area contributed by atoms with Gasteiger partial charge in [0.15, 0.2) is 5.11 Å². The summed E-state index contributed by atoms with van der Waals surface area (Å²) in [5.41, 5.74) is 7.04. The molecule has 2 aromatic rings. The molecule has 146 valence electrons. The monoisotopic (exact) mass is 397 g/mol. The molecule has 3 N–H and O–H groups in total. The highest BCUT2D eigenvalue weighted by molar-refractivity contribution is 7.80. The highest BCUT2D eigenvalue weighted by Gasteiger charge is 2.13. The number of ether oxygens (including phenoxy) is 1. The molecule has 2 aromatic carbocycles. The number of rotatable bonds is 8. The fourth-order valence-electron chi connectivity index (χ4n) is 2.50. The van der Waals surface area contributed by atoms with Crippen LogP contribution in [-0.4, -0.2) is 35.5 Å². The van der Waals surface area contributed by atoms with Crippen molar-refractivity contribution in [1.29, 1.82) is 0 Å². The highest BCUT2D eigenvalue weighted by Crippen LogP contribution is 2.18. The molecule has 7 heteroatoms. The van der Waals surface area contributed by atoms with Gasteiger partial charge in [0, 0.05) is 31.1 Å². The lowest BCUT2D eigenvalue weighted by Gasteiger charge is -2.24. The summed E-state index contributed by atoms with van der Waals surface area (Å²) in [6.07, 6.45) is 3.18. The average molecular weight is 398 g/mol. The molecule has 0 aliphatic rings. The second-order valence-electron chi connectivity index (χ2n) is 5.99. The number of thiocarbonyl (C=S) groups is 1. The topological polar surface area (TPSA) is 84.7 Å². The van der Waals surface area contributed by atoms with Crippen LogP contribution in [0.2, 0.25) is 0 Å². The van der Waals surface area contributed by atoms with E-state index < -0.39 is 5.91 Å². The van der Waals surface area contributed by atoms with Crippen LogP contribution >= 0.6 is 12.2 Å². The van der Waals surface area contributed by atoms with E-state index >= 15 is 0 Å². The van der Waals surface area contributed by atoms with Gasteiger partial charge in [0.1, 0.15) is 5.75 Å². The van der Waals surface area contributed by atoms with E-state index in [0.717, 1.165) is 11.1 Å². The molecule has 2 amide bonds. The third kappa shape index (κ3) is 6.85. The molecule has 0 radical (unpaired) electrons. The number of para-hydroxylation sites is 1. The third-order valence-electron chi connectivity index (χ3n) is 3.91. The minimum absolute atomic E-state index is 0.139. The van der Waals surface area contributed by atoms with Crippen molar-refractivity contribution in [3.63, 3.8) is 0 Å². The average Bonchev–Trinajstić information content (AvgIpc) is 2.70. The predicted octanol–water partition coefficient (Wildman–Crippen LogP) is 2.49. The minimum atomic E-state index is -0.428. The van der Waals surface area contributed by atoms with Gasteiger partial charge >= 0.3 is 0 Å². The Morgan fingerprint density at radius 3 is 2.50 bits per heavy atom. The predicted molar refractivity (Wildman–Crippen MR) is 113 cm³/mol. The number of benzene rings is 2. The van der Waals surface area contributed by atoms with E-state index in [0.29, 0.717) is 18.8 Å². The van der Waals surface area contributed by atoms with Gasteiger partial charge < -0.3 is 15.4 Å². The summed E-state index contributed by atoms with van der Waals surface area (Å²) in [6.45, 7) is 0.781. The molecular formula is C21H23N3O3S. The molecule has 0 aromatic heterocycles. The van der Waals surface area contributed by atoms with Crippen LogP contribution in [-0.2, 0) is 16.1 Å². The number of nitrogens with one attached hydrogen (secondary N) is 1. The van der Waals surface area contributed by atoms with Crippen LogP contribution < -0.4 is 15.8 Å². The molecule has 28 heavy (non-hydrogen) atoms. The number of carbonyl (C=O) groups excluding carboxylic acids is 2. The first-order valence-electron chi connectivity index (χ1n) is 8.73. The lowest BCUT2D eigenvalue weighted by Crippen LogP contribution is -2.43. The van der Waals surface area contributed by atoms with Gasteiger partial charge in [-0.15, -0.1) is 0 Å². The van der Waals surface area contributed by atoms with Crippen LogP contribution in [0.25, 0.3) is 6.08 Å². The zero-order chi connectivity index (χ0) is 20.4. The van der Waals surface area contributed by atoms with Crippen LogP contribution in [0.15, 0.2) is 60.7 Å². The molecule has 0 aliphatic heterocycles. The Kier molecular flexibility index (Phi) is 8.17. The van der Waals surface area contributed by atoms with Crippen LogP contribution in [0.4, 0.5) is 0 Å². The number of amides is 2. The number of primary amides is 1. The van der Waals surface area contributed by atoms with Crippen molar-refractivity contribution >= 4 is 35.2 Å². The Hall–Kier alpha value is -3.19. The van der Waals surface area contributed by atoms with Gasteiger partial charge in [-0.05, 0) is 29.9 Å². The molecule has 0 saturated heterocycles. The standard InChI is InChI=1S/C21H23N3O3S/c1-27-18-10-6-5-9-17(18)11-12-20(26)23-21(28)24(14-13-19(22)25)15-16-7-3-2-4-8-16/h2-12H,13-15H2,1H3,(H2,22,25)(H,23,26,28)/b12-11+. The van der Waals surface area contributed by atoms with Crippen LogP contribution in [0.5, 0.6) is 5.75 Å². The zero-order valence-electron chi connectivity index (χ0n) is 15.6. The molecule has 0 heterocycles. The Morgan fingerprint density at radius 2 is 1.82 bits per heavy atom. The van der Waals surface area contributed by atoms with E-state index in [1.54, 1.807) is 18.1 Å². The van der Waals surface area contributed by atoms with Crippen molar-refractivity contribution < 1.29 is 14.3 Å². The molecular weight excluding hydrogens is 374 g/mol. The van der Waals surface area contributed by atoms with Crippen LogP contribution in [0.3, 0.4) is 0 Å². The van der Waals surface area contributed by atoms with Crippen LogP contribution in [0.1, 0.15) is 17.5 Å². The molecule has 0 unspecified atom stereocenters. The summed E-state index contributed by atoms with van der Waals surface area (Å²) in [5, 5.41) is 2.91. The number of hydrogen-bond donors (Lipinski definition) is 2. The van der Waals surface area contributed by atoms with Gasteiger partial charge in [-0.1, -0.05) is 48.5 Å². The Labute approximate surface area is 170 Å². The first kappa shape index (κ1) is 21.1. The maximum Gasteiger partial charge on any atom is 0.250 e. The van der Waals surface area contributed by atoms with Crippen molar-refractivity contribution in [2.24, 2.45) is 5.73 Å². The smallest absolute Gasteiger partial charge is 0.250 e. The Balaban J connectivity index is 2.03. The molecule has 0 fully saturated rings. The van der Waals surface area contributed by atoms with E-state index in [2.05, 4.69) is 5.32 Å². The summed E-state index contributed by atoms with van der Waals surface area (Å²) in [7, 11) is 1.57. The summed E-state index contributed by atoms with van der Waals surface area (Å²) >= 11 is 5.37. The van der Waals surface area contributed by atoms with Gasteiger partial charge in [0.25, 0.3) is 0 Å². The lowest BCUT2D eigenvalue weighted by atomic mass is 10.2. The summed E-state index contributed by atoms with van der Waals surface area (Å²) in [4.78, 5) is 25.2. The van der Waals surface area contributed by atoms with Crippen molar-refractivity contribution in [2.45, 2.75) is 13.0 Å². The summed E-state index contributed by atoms with van der Waals surface area (Å²) in [5.74, 6) is -0.127. The zero-order valence-corrected chi connectivity index (χ0v) is 16.4. The van der Waals surface area contributed by atoms with Crippen LogP contribution in [0, 0.1) is 0 Å². The highest BCUT2D eigenvalue weighted by atomic mass is 32.1. The maximum absolute atomic E-state index is 12.3. The van der Waals surface area contributed by atoms with Gasteiger partial charge in [-0.3, -0.25) is 14.9 Å². The Bertz CT molecular complexity index is 853. The van der Waals surface area contributed by atoms with E-state index in [9.17, 15) is 9.59 Å². The molecule has 6 nitrogen and oxygen atoms in total. The fraction of sp³-hybridized carbons (Fsp3) is 0.190. The second kappa shape index (κ2) is 10.8. The van der Waals surface area contributed by atoms with Crippen molar-refractivity contribution in [3.05, 3.63) is 71.8 Å². The van der Waals surface area contributed by atoms with Crippen molar-refractivity contribution in [1.82, 2.24) is 10.2 Å². The SMILES string of the molecule is COc1ccccc1/C=C/C(=O)NC(=S)N(CCC(N)=O)Cc1ccccc1. The van der Waals surface area contributed by atoms with E-state index in [1.807, 2.05) is 54.6 Å². The number of carbonyl (C=O) groups is 2. The number of hydrogen-bond acceptors (Lipinski definition) is 4. The summed E-state index contributed by atoms with van der Waals surface area (Å²) < 4.78 is 5.26. The number of nitrogens with zero attached hydrogens (tertiary/aromatic N) is 1. The Morgan fingerprint density at radius 1 is 1.14 bits per heavy atom. The summed E-state index contributed by atoms with van der Waals surface area (Å²) in [6, 6.07) is 17.0. The third-order valence-corrected chi connectivity index (χ3v) is 4.28. The lowest BCUT2D eigenvalue weighted by molar-refractivity contribution is -0.118. The number of nitrogens with two attached hydrogens (primary N) is 1. The molecule has 2 rings (SSSR count). The normalized spacial score (nSPS) is 10.5. The van der Waals surface area contributed by atoms with E-state index in [-0.39, 0.29) is 17.4 Å². The fourth-order valence-corrected chi connectivity index (χ4v) is 2.75. The van der Waals surface area contributed by atoms with Gasteiger partial charge in [0.2, 0.25) is 11.8 Å². The van der Waals surface area contributed by atoms with E-state index in [1.165, 1.54) is 6.08 Å².